The molecule has 1 unspecified atom stereocenters. The van der Waals surface area contributed by atoms with E-state index in [1.807, 2.05) is 19.9 Å². The highest BCUT2D eigenvalue weighted by molar-refractivity contribution is 7.12. The summed E-state index contributed by atoms with van der Waals surface area (Å²) in [5, 5.41) is 10.0. The van der Waals surface area contributed by atoms with E-state index in [0.29, 0.717) is 4.88 Å². The fourth-order valence-corrected chi connectivity index (χ4v) is 2.66. The van der Waals surface area contributed by atoms with Crippen LogP contribution in [0.4, 0.5) is 8.78 Å². The van der Waals surface area contributed by atoms with Gasteiger partial charge >= 0.3 is 0 Å². The predicted octanol–water partition coefficient (Wildman–Crippen LogP) is 3.72. The van der Waals surface area contributed by atoms with E-state index in [1.165, 1.54) is 17.4 Å². The standard InChI is InChI=1S/C13H12F2OS/c1-7-5-12(17-8(7)2)13(16)10-4-3-9(14)6-11(10)15/h3-6,13,16H,1-2H3. The molecule has 4 heteroatoms. The van der Waals surface area contributed by atoms with Crippen molar-refractivity contribution in [1.82, 2.24) is 0 Å². The molecule has 0 aliphatic rings. The van der Waals surface area contributed by atoms with Gasteiger partial charge in [-0.3, -0.25) is 0 Å². The topological polar surface area (TPSA) is 20.2 Å². The lowest BCUT2D eigenvalue weighted by molar-refractivity contribution is 0.218. The van der Waals surface area contributed by atoms with Crippen molar-refractivity contribution in [3.63, 3.8) is 0 Å². The van der Waals surface area contributed by atoms with Gasteiger partial charge in [0.2, 0.25) is 0 Å². The molecule has 0 saturated heterocycles. The molecule has 0 spiro atoms. The lowest BCUT2D eigenvalue weighted by atomic mass is 10.1. The Hall–Kier alpha value is -1.26. The molecule has 1 heterocycles. The normalized spacial score (nSPS) is 12.8. The number of hydrogen-bond donors (Lipinski definition) is 1. The van der Waals surface area contributed by atoms with E-state index in [9.17, 15) is 13.9 Å². The maximum absolute atomic E-state index is 13.5. The molecule has 2 rings (SSSR count). The average Bonchev–Trinajstić information content (AvgIpc) is 2.58. The summed E-state index contributed by atoms with van der Waals surface area (Å²) in [6.07, 6.45) is -1.03. The molecule has 90 valence electrons. The van der Waals surface area contributed by atoms with Crippen molar-refractivity contribution in [2.75, 3.05) is 0 Å². The maximum Gasteiger partial charge on any atom is 0.132 e. The second-order valence-electron chi connectivity index (χ2n) is 3.96. The van der Waals surface area contributed by atoms with Gasteiger partial charge < -0.3 is 5.11 Å². The second-order valence-corrected chi connectivity index (χ2v) is 5.24. The van der Waals surface area contributed by atoms with Crippen molar-refractivity contribution in [2.45, 2.75) is 20.0 Å². The molecule has 1 aromatic carbocycles. The summed E-state index contributed by atoms with van der Waals surface area (Å²) >= 11 is 1.42. The summed E-state index contributed by atoms with van der Waals surface area (Å²) in [6, 6.07) is 5.04. The first-order chi connectivity index (χ1) is 7.99. The summed E-state index contributed by atoms with van der Waals surface area (Å²) < 4.78 is 26.3. The molecule has 0 aliphatic carbocycles. The summed E-state index contributed by atoms with van der Waals surface area (Å²) in [4.78, 5) is 1.76. The lowest BCUT2D eigenvalue weighted by Crippen LogP contribution is -2.01. The Morgan fingerprint density at radius 2 is 1.88 bits per heavy atom. The van der Waals surface area contributed by atoms with Gasteiger partial charge in [0.15, 0.2) is 0 Å². The Bertz CT molecular complexity index is 529. The summed E-state index contributed by atoms with van der Waals surface area (Å²) in [5.74, 6) is -1.36. The molecular weight excluding hydrogens is 242 g/mol. The van der Waals surface area contributed by atoms with Gasteiger partial charge in [0.25, 0.3) is 0 Å². The quantitative estimate of drug-likeness (QED) is 0.866. The van der Waals surface area contributed by atoms with Gasteiger partial charge in [-0.2, -0.15) is 0 Å². The molecule has 1 nitrogen and oxygen atoms in total. The van der Waals surface area contributed by atoms with E-state index >= 15 is 0 Å². The molecule has 1 aromatic heterocycles. The average molecular weight is 254 g/mol. The number of benzene rings is 1. The Balaban J connectivity index is 2.39. The van der Waals surface area contributed by atoms with Gasteiger partial charge in [-0.25, -0.2) is 8.78 Å². The number of aliphatic hydroxyl groups is 1. The summed E-state index contributed by atoms with van der Waals surface area (Å²) in [5.41, 5.74) is 1.17. The number of halogens is 2. The molecule has 0 bridgehead atoms. The molecule has 2 aromatic rings. The van der Waals surface area contributed by atoms with Gasteiger partial charge in [-0.15, -0.1) is 11.3 Å². The zero-order valence-corrected chi connectivity index (χ0v) is 10.3. The lowest BCUT2D eigenvalue weighted by Gasteiger charge is -2.09. The van der Waals surface area contributed by atoms with Crippen LogP contribution in [0.15, 0.2) is 24.3 Å². The van der Waals surface area contributed by atoms with Crippen LogP contribution in [-0.4, -0.2) is 5.11 Å². The van der Waals surface area contributed by atoms with E-state index in [-0.39, 0.29) is 5.56 Å². The van der Waals surface area contributed by atoms with E-state index in [4.69, 9.17) is 0 Å². The number of rotatable bonds is 2. The second kappa shape index (κ2) is 4.55. The van der Waals surface area contributed by atoms with Crippen LogP contribution >= 0.6 is 11.3 Å². The van der Waals surface area contributed by atoms with Gasteiger partial charge in [-0.1, -0.05) is 6.07 Å². The summed E-state index contributed by atoms with van der Waals surface area (Å²) in [7, 11) is 0. The van der Waals surface area contributed by atoms with Crippen LogP contribution in [0, 0.1) is 25.5 Å². The van der Waals surface area contributed by atoms with E-state index in [2.05, 4.69) is 0 Å². The summed E-state index contributed by atoms with van der Waals surface area (Å²) in [6.45, 7) is 3.88. The highest BCUT2D eigenvalue weighted by Gasteiger charge is 2.18. The van der Waals surface area contributed by atoms with Crippen LogP contribution in [0.25, 0.3) is 0 Å². The Labute approximate surface area is 102 Å². The van der Waals surface area contributed by atoms with Crippen LogP contribution in [0.3, 0.4) is 0 Å². The molecule has 17 heavy (non-hydrogen) atoms. The van der Waals surface area contributed by atoms with Crippen molar-refractivity contribution >= 4 is 11.3 Å². The molecule has 0 radical (unpaired) electrons. The maximum atomic E-state index is 13.5. The zero-order valence-electron chi connectivity index (χ0n) is 9.50. The van der Waals surface area contributed by atoms with Gasteiger partial charge in [-0.05, 0) is 31.5 Å². The number of aryl methyl sites for hydroxylation is 2. The monoisotopic (exact) mass is 254 g/mol. The SMILES string of the molecule is Cc1cc(C(O)c2ccc(F)cc2F)sc1C. The van der Waals surface area contributed by atoms with Gasteiger partial charge in [0, 0.05) is 21.4 Å². The van der Waals surface area contributed by atoms with E-state index in [1.54, 1.807) is 0 Å². The van der Waals surface area contributed by atoms with E-state index in [0.717, 1.165) is 22.6 Å². The fraction of sp³-hybridized carbons (Fsp3) is 0.231. The van der Waals surface area contributed by atoms with Gasteiger partial charge in [0.1, 0.15) is 17.7 Å². The number of hydrogen-bond acceptors (Lipinski definition) is 2. The highest BCUT2D eigenvalue weighted by Crippen LogP contribution is 2.31. The molecular formula is C13H12F2OS. The van der Waals surface area contributed by atoms with Crippen LogP contribution in [0.5, 0.6) is 0 Å². The zero-order chi connectivity index (χ0) is 12.6. The van der Waals surface area contributed by atoms with Crippen molar-refractivity contribution in [2.24, 2.45) is 0 Å². The number of thiophene rings is 1. The Morgan fingerprint density at radius 3 is 2.41 bits per heavy atom. The molecule has 0 fully saturated rings. The predicted molar refractivity (Wildman–Crippen MR) is 64.2 cm³/mol. The largest absolute Gasteiger partial charge is 0.383 e. The van der Waals surface area contributed by atoms with Crippen molar-refractivity contribution in [1.29, 1.82) is 0 Å². The Kier molecular flexibility index (Phi) is 3.26. The first kappa shape index (κ1) is 12.2. The van der Waals surface area contributed by atoms with E-state index < -0.39 is 17.7 Å². The third kappa shape index (κ3) is 2.37. The van der Waals surface area contributed by atoms with Crippen molar-refractivity contribution in [3.05, 3.63) is 56.8 Å². The number of aliphatic hydroxyl groups excluding tert-OH is 1. The van der Waals surface area contributed by atoms with Crippen LogP contribution in [0.1, 0.15) is 27.0 Å². The molecule has 0 amide bonds. The first-order valence-electron chi connectivity index (χ1n) is 5.19. The smallest absolute Gasteiger partial charge is 0.132 e. The van der Waals surface area contributed by atoms with Crippen LogP contribution in [0.2, 0.25) is 0 Å². The van der Waals surface area contributed by atoms with Crippen LogP contribution < -0.4 is 0 Å². The molecule has 0 saturated carbocycles. The molecule has 1 atom stereocenters. The minimum atomic E-state index is -1.03. The molecule has 0 aliphatic heterocycles. The third-order valence-electron chi connectivity index (χ3n) is 2.71. The van der Waals surface area contributed by atoms with Crippen molar-refractivity contribution in [3.8, 4) is 0 Å². The Morgan fingerprint density at radius 1 is 1.18 bits per heavy atom. The molecule has 1 N–H and O–H groups in total. The first-order valence-corrected chi connectivity index (χ1v) is 6.00. The minimum absolute atomic E-state index is 0.104. The van der Waals surface area contributed by atoms with Crippen LogP contribution in [-0.2, 0) is 0 Å². The van der Waals surface area contributed by atoms with Crippen molar-refractivity contribution < 1.29 is 13.9 Å². The third-order valence-corrected chi connectivity index (χ3v) is 3.92. The fourth-order valence-electron chi connectivity index (χ4n) is 1.61. The van der Waals surface area contributed by atoms with Gasteiger partial charge in [0.05, 0.1) is 0 Å². The highest BCUT2D eigenvalue weighted by atomic mass is 32.1. The minimum Gasteiger partial charge on any atom is -0.383 e.